The third-order valence-electron chi connectivity index (χ3n) is 7.52. The van der Waals surface area contributed by atoms with Gasteiger partial charge in [0.25, 0.3) is 0 Å². The first-order valence-corrected chi connectivity index (χ1v) is 11.0. The summed E-state index contributed by atoms with van der Waals surface area (Å²) in [5, 5.41) is 30.6. The monoisotopic (exact) mass is 382 g/mol. The molecule has 0 heterocycles. The average molecular weight is 383 g/mol. The first-order chi connectivity index (χ1) is 12.3. The van der Waals surface area contributed by atoms with Crippen molar-refractivity contribution in [2.75, 3.05) is 0 Å². The molecule has 0 saturated heterocycles. The summed E-state index contributed by atoms with van der Waals surface area (Å²) < 4.78 is 0. The molecule has 0 aromatic rings. The molecule has 4 nitrogen and oxygen atoms in total. The van der Waals surface area contributed by atoms with Crippen LogP contribution in [0.4, 0.5) is 0 Å². The highest BCUT2D eigenvalue weighted by molar-refractivity contribution is 5.86. The molecule has 2 aliphatic carbocycles. The molecule has 2 fully saturated rings. The van der Waals surface area contributed by atoms with Crippen LogP contribution in [0, 0.1) is 23.2 Å². The van der Waals surface area contributed by atoms with Crippen molar-refractivity contribution in [1.82, 2.24) is 0 Å². The number of Topliss-reactive ketones (excluding diaryl/α,β-unsaturated/α-hetero) is 1. The molecule has 0 amide bonds. The van der Waals surface area contributed by atoms with Crippen molar-refractivity contribution in [3.05, 3.63) is 0 Å². The van der Waals surface area contributed by atoms with Crippen LogP contribution in [0.25, 0.3) is 0 Å². The maximum absolute atomic E-state index is 12.3. The molecule has 27 heavy (non-hydrogen) atoms. The Balaban J connectivity index is 2.09. The highest BCUT2D eigenvalue weighted by atomic mass is 16.3. The van der Waals surface area contributed by atoms with Crippen molar-refractivity contribution in [2.45, 2.75) is 116 Å². The summed E-state index contributed by atoms with van der Waals surface area (Å²) in [7, 11) is 0. The van der Waals surface area contributed by atoms with Gasteiger partial charge in [-0.1, -0.05) is 26.2 Å². The summed E-state index contributed by atoms with van der Waals surface area (Å²) in [6, 6.07) is 0. The van der Waals surface area contributed by atoms with Gasteiger partial charge in [-0.15, -0.1) is 0 Å². The topological polar surface area (TPSA) is 77.8 Å². The molecular weight excluding hydrogens is 340 g/mol. The molecule has 2 aliphatic rings. The lowest BCUT2D eigenvalue weighted by Gasteiger charge is -2.46. The molecule has 0 spiro atoms. The quantitative estimate of drug-likeness (QED) is 0.557. The molecule has 4 heteroatoms. The molecular formula is C23H42O4. The Bertz CT molecular complexity index is 501. The predicted octanol–water partition coefficient (Wildman–Crippen LogP) is 4.24. The van der Waals surface area contributed by atoms with E-state index in [4.69, 9.17) is 0 Å². The lowest BCUT2D eigenvalue weighted by atomic mass is 9.60. The van der Waals surface area contributed by atoms with Crippen LogP contribution in [-0.2, 0) is 4.79 Å². The van der Waals surface area contributed by atoms with Crippen molar-refractivity contribution in [3.63, 3.8) is 0 Å². The fourth-order valence-corrected chi connectivity index (χ4v) is 5.93. The lowest BCUT2D eigenvalue weighted by Crippen LogP contribution is -2.42. The van der Waals surface area contributed by atoms with Crippen LogP contribution in [0.15, 0.2) is 0 Å². The fraction of sp³-hybridized carbons (Fsp3) is 0.957. The molecule has 0 unspecified atom stereocenters. The van der Waals surface area contributed by atoms with Crippen molar-refractivity contribution in [3.8, 4) is 0 Å². The predicted molar refractivity (Wildman–Crippen MR) is 108 cm³/mol. The summed E-state index contributed by atoms with van der Waals surface area (Å²) in [4.78, 5) is 12.3. The molecule has 5 atom stereocenters. The van der Waals surface area contributed by atoms with E-state index < -0.39 is 11.2 Å². The van der Waals surface area contributed by atoms with E-state index in [0.717, 1.165) is 51.4 Å². The number of hydrogen-bond acceptors (Lipinski definition) is 4. The Morgan fingerprint density at radius 3 is 2.37 bits per heavy atom. The minimum Gasteiger partial charge on any atom is -0.393 e. The third kappa shape index (κ3) is 5.77. The van der Waals surface area contributed by atoms with E-state index >= 15 is 0 Å². The second kappa shape index (κ2) is 8.51. The molecule has 0 aliphatic heterocycles. The van der Waals surface area contributed by atoms with Gasteiger partial charge in [0, 0.05) is 6.42 Å². The number of ketones is 1. The molecule has 3 N–H and O–H groups in total. The van der Waals surface area contributed by atoms with Gasteiger partial charge in [-0.3, -0.25) is 4.79 Å². The highest BCUT2D eigenvalue weighted by Gasteiger charge is 2.52. The van der Waals surface area contributed by atoms with E-state index in [0.29, 0.717) is 24.2 Å². The number of fused-ring (bicyclic) bond motifs is 1. The third-order valence-corrected chi connectivity index (χ3v) is 7.52. The van der Waals surface area contributed by atoms with Crippen molar-refractivity contribution >= 4 is 5.78 Å². The van der Waals surface area contributed by atoms with Crippen LogP contribution in [0.3, 0.4) is 0 Å². The van der Waals surface area contributed by atoms with Crippen LogP contribution in [0.5, 0.6) is 0 Å². The zero-order valence-electron chi connectivity index (χ0n) is 18.1. The first kappa shape index (κ1) is 22.8. The maximum atomic E-state index is 12.3. The van der Waals surface area contributed by atoms with Gasteiger partial charge in [0.2, 0.25) is 0 Å². The lowest BCUT2D eigenvalue weighted by molar-refractivity contribution is -0.134. The minimum absolute atomic E-state index is 0.0848. The van der Waals surface area contributed by atoms with Gasteiger partial charge in [-0.2, -0.15) is 0 Å². The summed E-state index contributed by atoms with van der Waals surface area (Å²) in [6.07, 6.45) is 9.15. The minimum atomic E-state index is -1.26. The van der Waals surface area contributed by atoms with Crippen LogP contribution >= 0.6 is 0 Å². The van der Waals surface area contributed by atoms with E-state index in [2.05, 4.69) is 6.92 Å². The Morgan fingerprint density at radius 1 is 1.11 bits per heavy atom. The highest BCUT2D eigenvalue weighted by Crippen LogP contribution is 2.59. The van der Waals surface area contributed by atoms with Gasteiger partial charge in [0.1, 0.15) is 5.60 Å². The molecule has 2 rings (SSSR count). The van der Waals surface area contributed by atoms with Gasteiger partial charge >= 0.3 is 0 Å². The second-order valence-corrected chi connectivity index (χ2v) is 10.7. The number of rotatable bonds is 9. The van der Waals surface area contributed by atoms with Gasteiger partial charge in [-0.05, 0) is 89.4 Å². The van der Waals surface area contributed by atoms with Crippen LogP contribution < -0.4 is 0 Å². The standard InChI is InChI=1S/C23H42O4/c1-21(2,26)14-6-8-16(10-13-20(25)22(3,4)27)17-11-12-18-19(24)9-7-15-23(17,18)5/h16-19,24,26-27H,6-15H2,1-5H3/t16-,17+,18-,19-,23-/m0/s1. The maximum Gasteiger partial charge on any atom is 0.163 e. The summed E-state index contributed by atoms with van der Waals surface area (Å²) in [6.45, 7) is 9.21. The van der Waals surface area contributed by atoms with E-state index in [-0.39, 0.29) is 17.3 Å². The number of hydrogen-bond donors (Lipinski definition) is 3. The van der Waals surface area contributed by atoms with Gasteiger partial charge in [0.05, 0.1) is 11.7 Å². The summed E-state index contributed by atoms with van der Waals surface area (Å²) >= 11 is 0. The Labute approximate surface area is 165 Å². The zero-order chi connectivity index (χ0) is 20.5. The van der Waals surface area contributed by atoms with Crippen LogP contribution in [-0.4, -0.2) is 38.4 Å². The van der Waals surface area contributed by atoms with Crippen molar-refractivity contribution in [1.29, 1.82) is 0 Å². The normalized spacial score (nSPS) is 33.0. The second-order valence-electron chi connectivity index (χ2n) is 10.7. The molecule has 0 bridgehead atoms. The first-order valence-electron chi connectivity index (χ1n) is 11.0. The molecule has 0 aromatic heterocycles. The van der Waals surface area contributed by atoms with Crippen molar-refractivity contribution in [2.24, 2.45) is 23.2 Å². The molecule has 2 saturated carbocycles. The Kier molecular flexibility index (Phi) is 7.19. The number of aliphatic hydroxyl groups excluding tert-OH is 1. The zero-order valence-corrected chi connectivity index (χ0v) is 18.1. The van der Waals surface area contributed by atoms with E-state index in [1.807, 2.05) is 13.8 Å². The van der Waals surface area contributed by atoms with Crippen molar-refractivity contribution < 1.29 is 20.1 Å². The van der Waals surface area contributed by atoms with Gasteiger partial charge in [0.15, 0.2) is 5.78 Å². The van der Waals surface area contributed by atoms with Gasteiger partial charge < -0.3 is 15.3 Å². The smallest absolute Gasteiger partial charge is 0.163 e. The number of carbonyl (C=O) groups excluding carboxylic acids is 1. The Morgan fingerprint density at radius 2 is 1.78 bits per heavy atom. The van der Waals surface area contributed by atoms with E-state index in [9.17, 15) is 20.1 Å². The van der Waals surface area contributed by atoms with E-state index in [1.165, 1.54) is 6.42 Å². The molecule has 0 aromatic carbocycles. The van der Waals surface area contributed by atoms with E-state index in [1.54, 1.807) is 13.8 Å². The number of carbonyl (C=O) groups is 1. The fourth-order valence-electron chi connectivity index (χ4n) is 5.93. The molecule has 158 valence electrons. The summed E-state index contributed by atoms with van der Waals surface area (Å²) in [5.74, 6) is 1.24. The summed E-state index contributed by atoms with van der Waals surface area (Å²) in [5.41, 5.74) is -1.76. The largest absolute Gasteiger partial charge is 0.393 e. The molecule has 0 radical (unpaired) electrons. The number of aliphatic hydroxyl groups is 3. The SMILES string of the molecule is CC(C)(O)CCC[C@@H](CCC(=O)C(C)(C)O)[C@H]1CC[C@H]2[C@@H](O)CCC[C@@]12C. The average Bonchev–Trinajstić information content (AvgIpc) is 2.86. The van der Waals surface area contributed by atoms with Crippen LogP contribution in [0.1, 0.15) is 98.8 Å². The Hall–Kier alpha value is -0.450. The van der Waals surface area contributed by atoms with Gasteiger partial charge in [-0.25, -0.2) is 0 Å². The van der Waals surface area contributed by atoms with Crippen LogP contribution in [0.2, 0.25) is 0 Å².